The molecule has 0 atom stereocenters. The van der Waals surface area contributed by atoms with Crippen molar-refractivity contribution in [3.05, 3.63) is 176 Å². The molecule has 0 saturated carbocycles. The van der Waals surface area contributed by atoms with E-state index in [2.05, 4.69) is 115 Å². The van der Waals surface area contributed by atoms with Gasteiger partial charge in [0.1, 0.15) is 0 Å². The lowest BCUT2D eigenvalue weighted by Crippen LogP contribution is -2.00. The highest BCUT2D eigenvalue weighted by Gasteiger charge is 2.17. The molecule has 1 aromatic heterocycles. The largest absolute Gasteiger partial charge is 0.208 e. The van der Waals surface area contributed by atoms with Crippen LogP contribution in [0.2, 0.25) is 0 Å². The molecule has 9 aromatic carbocycles. The van der Waals surface area contributed by atoms with Crippen LogP contribution in [0.3, 0.4) is 0 Å². The van der Waals surface area contributed by atoms with Gasteiger partial charge in [-0.15, -0.1) is 0 Å². The molecule has 0 spiro atoms. The Hall–Kier alpha value is -6.71. The van der Waals surface area contributed by atoms with Gasteiger partial charge in [-0.2, -0.15) is 0 Å². The third-order valence-electron chi connectivity index (χ3n) is 9.90. The molecule has 0 amide bonds. The van der Waals surface area contributed by atoms with E-state index in [9.17, 15) is 0 Å². The van der Waals surface area contributed by atoms with Gasteiger partial charge in [-0.3, -0.25) is 0 Å². The highest BCUT2D eigenvalue weighted by molar-refractivity contribution is 6.25. The van der Waals surface area contributed by atoms with Crippen LogP contribution in [0.1, 0.15) is 0 Å². The van der Waals surface area contributed by atoms with Crippen LogP contribution < -0.4 is 0 Å². The normalized spacial score (nSPS) is 11.6. The smallest absolute Gasteiger partial charge is 0.164 e. The van der Waals surface area contributed by atoms with Crippen LogP contribution in [0, 0.1) is 0 Å². The van der Waals surface area contributed by atoms with Gasteiger partial charge in [-0.05, 0) is 77.1 Å². The maximum Gasteiger partial charge on any atom is 0.164 e. The molecule has 1 heterocycles. The summed E-state index contributed by atoms with van der Waals surface area (Å²) in [4.78, 5) is 15.0. The second-order valence-corrected chi connectivity index (χ2v) is 12.8. The summed E-state index contributed by atoms with van der Waals surface area (Å²) in [5.41, 5.74) is 5.25. The zero-order valence-electron chi connectivity index (χ0n) is 27.1. The Bertz CT molecular complexity index is 2860. The average Bonchev–Trinajstić information content (AvgIpc) is 3.20. The summed E-state index contributed by atoms with van der Waals surface area (Å²) in [7, 11) is 0. The van der Waals surface area contributed by atoms with Gasteiger partial charge in [0.15, 0.2) is 17.5 Å². The molecule has 10 aromatic rings. The van der Waals surface area contributed by atoms with Crippen molar-refractivity contribution in [2.75, 3.05) is 0 Å². The third-order valence-corrected chi connectivity index (χ3v) is 9.90. The molecule has 0 saturated heterocycles. The molecule has 0 aliphatic heterocycles. The molecule has 3 nitrogen and oxygen atoms in total. The summed E-state index contributed by atoms with van der Waals surface area (Å²) in [5.74, 6) is 1.97. The molecule has 3 heteroatoms. The van der Waals surface area contributed by atoms with Crippen molar-refractivity contribution in [2.45, 2.75) is 0 Å². The van der Waals surface area contributed by atoms with Gasteiger partial charge < -0.3 is 0 Å². The van der Waals surface area contributed by atoms with Crippen molar-refractivity contribution < 1.29 is 0 Å². The molecule has 0 bridgehead atoms. The first kappa shape index (κ1) is 28.3. The van der Waals surface area contributed by atoms with Crippen LogP contribution >= 0.6 is 0 Å². The zero-order valence-corrected chi connectivity index (χ0v) is 27.1. The van der Waals surface area contributed by atoms with Crippen LogP contribution in [-0.4, -0.2) is 15.0 Å². The number of hydrogen-bond acceptors (Lipinski definition) is 3. The van der Waals surface area contributed by atoms with Gasteiger partial charge in [0.25, 0.3) is 0 Å². The van der Waals surface area contributed by atoms with Crippen LogP contribution in [0.15, 0.2) is 176 Å². The lowest BCUT2D eigenvalue weighted by atomic mass is 9.90. The van der Waals surface area contributed by atoms with E-state index in [0.29, 0.717) is 17.5 Å². The van der Waals surface area contributed by atoms with Crippen molar-refractivity contribution in [2.24, 2.45) is 0 Å². The summed E-state index contributed by atoms with van der Waals surface area (Å²) < 4.78 is 0. The van der Waals surface area contributed by atoms with E-state index in [4.69, 9.17) is 15.0 Å². The molecule has 232 valence electrons. The molecular weight excluding hydrogens is 607 g/mol. The SMILES string of the molecule is c1ccc(-c2nc(-c3ccccc3)nc(-c3ccc(-c4ccc5c(ccc6ccc7c8ccccc8ccc7c65)c4)c4ccccc34)n2)cc1. The van der Waals surface area contributed by atoms with Crippen LogP contribution in [0.4, 0.5) is 0 Å². The number of benzene rings is 9. The molecule has 50 heavy (non-hydrogen) atoms. The summed E-state index contributed by atoms with van der Waals surface area (Å²) >= 11 is 0. The third kappa shape index (κ3) is 4.63. The molecule has 10 rings (SSSR count). The monoisotopic (exact) mass is 635 g/mol. The predicted molar refractivity (Wildman–Crippen MR) is 209 cm³/mol. The van der Waals surface area contributed by atoms with Gasteiger partial charge in [0.2, 0.25) is 0 Å². The van der Waals surface area contributed by atoms with Crippen molar-refractivity contribution >= 4 is 53.9 Å². The zero-order chi connectivity index (χ0) is 33.0. The Kier molecular flexibility index (Phi) is 6.49. The first-order valence-corrected chi connectivity index (χ1v) is 16.9. The Morgan fingerprint density at radius 3 is 1.52 bits per heavy atom. The lowest BCUT2D eigenvalue weighted by molar-refractivity contribution is 1.08. The quantitative estimate of drug-likeness (QED) is 0.181. The Balaban J connectivity index is 1.14. The minimum atomic E-state index is 0.657. The van der Waals surface area contributed by atoms with E-state index < -0.39 is 0 Å². The number of fused-ring (bicyclic) bond motifs is 8. The molecule has 0 aliphatic rings. The van der Waals surface area contributed by atoms with E-state index in [1.807, 2.05) is 60.7 Å². The number of aromatic nitrogens is 3. The van der Waals surface area contributed by atoms with Crippen molar-refractivity contribution in [1.82, 2.24) is 15.0 Å². The summed E-state index contributed by atoms with van der Waals surface area (Å²) in [6, 6.07) is 62.4. The summed E-state index contributed by atoms with van der Waals surface area (Å²) in [6.07, 6.45) is 0. The summed E-state index contributed by atoms with van der Waals surface area (Å²) in [5, 5.41) is 12.4. The first-order chi connectivity index (χ1) is 24.8. The van der Waals surface area contributed by atoms with E-state index >= 15 is 0 Å². The van der Waals surface area contributed by atoms with Gasteiger partial charge in [0.05, 0.1) is 0 Å². The predicted octanol–water partition coefficient (Wildman–Crippen LogP) is 12.3. The fourth-order valence-electron chi connectivity index (χ4n) is 7.49. The van der Waals surface area contributed by atoms with E-state index in [0.717, 1.165) is 27.5 Å². The Morgan fingerprint density at radius 1 is 0.260 bits per heavy atom. The van der Waals surface area contributed by atoms with Crippen LogP contribution in [-0.2, 0) is 0 Å². The van der Waals surface area contributed by atoms with Crippen molar-refractivity contribution in [3.8, 4) is 45.3 Å². The number of nitrogens with zero attached hydrogens (tertiary/aromatic N) is 3. The van der Waals surface area contributed by atoms with Gasteiger partial charge in [0, 0.05) is 16.7 Å². The number of hydrogen-bond donors (Lipinski definition) is 0. The maximum atomic E-state index is 5.04. The number of rotatable bonds is 4. The Morgan fingerprint density at radius 2 is 0.780 bits per heavy atom. The molecule has 0 fully saturated rings. The maximum absolute atomic E-state index is 5.04. The van der Waals surface area contributed by atoms with Gasteiger partial charge in [-0.25, -0.2) is 15.0 Å². The minimum absolute atomic E-state index is 0.657. The molecule has 0 aliphatic carbocycles. The van der Waals surface area contributed by atoms with E-state index in [-0.39, 0.29) is 0 Å². The molecule has 0 N–H and O–H groups in total. The van der Waals surface area contributed by atoms with Crippen LogP contribution in [0.5, 0.6) is 0 Å². The van der Waals surface area contributed by atoms with E-state index in [1.165, 1.54) is 54.2 Å². The van der Waals surface area contributed by atoms with Crippen molar-refractivity contribution in [1.29, 1.82) is 0 Å². The molecular formula is C47H29N3. The van der Waals surface area contributed by atoms with Gasteiger partial charge >= 0.3 is 0 Å². The van der Waals surface area contributed by atoms with Crippen molar-refractivity contribution in [3.63, 3.8) is 0 Å². The standard InChI is InChI=1S/C47H29N3/c1-3-12-32(13-4-1)45-48-46(33-14-5-2-6-15-33)50-47(49-45)43-28-27-37(39-17-9-10-18-40(39)43)34-23-24-38-35(29-34)20-19-31-22-25-41-36-16-8-7-11-30(36)21-26-42(41)44(31)38/h1-29H. The van der Waals surface area contributed by atoms with Gasteiger partial charge in [-0.1, -0.05) is 164 Å². The van der Waals surface area contributed by atoms with Crippen LogP contribution in [0.25, 0.3) is 99.2 Å². The highest BCUT2D eigenvalue weighted by atomic mass is 15.0. The highest BCUT2D eigenvalue weighted by Crippen LogP contribution is 2.39. The summed E-state index contributed by atoms with van der Waals surface area (Å²) in [6.45, 7) is 0. The molecule has 0 unspecified atom stereocenters. The molecule has 0 radical (unpaired) electrons. The minimum Gasteiger partial charge on any atom is -0.208 e. The second-order valence-electron chi connectivity index (χ2n) is 12.8. The second kappa shape index (κ2) is 11.5. The topological polar surface area (TPSA) is 38.7 Å². The van der Waals surface area contributed by atoms with E-state index in [1.54, 1.807) is 0 Å². The fraction of sp³-hybridized carbons (Fsp3) is 0. The lowest BCUT2D eigenvalue weighted by Gasteiger charge is -2.14. The first-order valence-electron chi connectivity index (χ1n) is 16.9. The fourth-order valence-corrected chi connectivity index (χ4v) is 7.49. The Labute approximate surface area is 289 Å². The average molecular weight is 636 g/mol.